The maximum absolute atomic E-state index is 12.3. The van der Waals surface area contributed by atoms with E-state index in [1.54, 1.807) is 20.4 Å². The molecule has 2 aromatic rings. The molecule has 1 aliphatic rings. The Morgan fingerprint density at radius 3 is 2.59 bits per heavy atom. The van der Waals surface area contributed by atoms with E-state index in [9.17, 15) is 4.79 Å². The van der Waals surface area contributed by atoms with Crippen molar-refractivity contribution in [3.8, 4) is 5.75 Å². The number of para-hydroxylation sites is 2. The van der Waals surface area contributed by atoms with Gasteiger partial charge in [0.05, 0.1) is 12.8 Å². The van der Waals surface area contributed by atoms with Gasteiger partial charge in [0.2, 0.25) is 0 Å². The number of methoxy groups -OCH3 is 1. The molecule has 7 nitrogen and oxygen atoms in total. The molecule has 0 unspecified atom stereocenters. The fourth-order valence-electron chi connectivity index (χ4n) is 3.55. The third-order valence-electron chi connectivity index (χ3n) is 5.19. The quantitative estimate of drug-likeness (QED) is 0.734. The maximum atomic E-state index is 12.3. The van der Waals surface area contributed by atoms with Crippen LogP contribution < -0.4 is 20.1 Å². The summed E-state index contributed by atoms with van der Waals surface area (Å²) in [6.45, 7) is 8.63. The van der Waals surface area contributed by atoms with Crippen LogP contribution in [0.15, 0.2) is 41.3 Å². The summed E-state index contributed by atoms with van der Waals surface area (Å²) in [7, 11) is 3.41. The number of benzene rings is 1. The fourth-order valence-corrected chi connectivity index (χ4v) is 3.55. The molecule has 0 spiro atoms. The lowest BCUT2D eigenvalue weighted by Gasteiger charge is -2.37. The summed E-state index contributed by atoms with van der Waals surface area (Å²) in [5.41, 5.74) is 1.85. The summed E-state index contributed by atoms with van der Waals surface area (Å²) < 4.78 is 6.88. The molecule has 0 N–H and O–H groups in total. The highest BCUT2D eigenvalue weighted by Gasteiger charge is 2.20. The predicted octanol–water partition coefficient (Wildman–Crippen LogP) is 1.44. The average molecular weight is 371 g/mol. The fraction of sp³-hybridized carbons (Fsp3) is 0.500. The molecule has 3 rings (SSSR count). The van der Waals surface area contributed by atoms with Crippen molar-refractivity contribution in [1.29, 1.82) is 0 Å². The van der Waals surface area contributed by atoms with Gasteiger partial charge in [-0.1, -0.05) is 12.1 Å². The zero-order valence-corrected chi connectivity index (χ0v) is 16.5. The molecule has 1 fully saturated rings. The van der Waals surface area contributed by atoms with E-state index in [2.05, 4.69) is 38.9 Å². The summed E-state index contributed by atoms with van der Waals surface area (Å²) in [6, 6.07) is 9.99. The standard InChI is InChI=1S/C20H29N5O2/c1-4-24(18-9-10-21-22(2)20(18)26)14-11-23-12-15-25(16-13-23)17-7-5-6-8-19(17)27-3/h5-10H,4,11-16H2,1-3H3. The molecule has 7 heteroatoms. The van der Waals surface area contributed by atoms with Crippen LogP contribution in [0.3, 0.4) is 0 Å². The lowest BCUT2D eigenvalue weighted by molar-refractivity contribution is 0.262. The molecule has 2 heterocycles. The maximum Gasteiger partial charge on any atom is 0.290 e. The molecule has 1 aromatic heterocycles. The largest absolute Gasteiger partial charge is 0.495 e. The summed E-state index contributed by atoms with van der Waals surface area (Å²) in [5, 5.41) is 4.01. The molecule has 27 heavy (non-hydrogen) atoms. The molecular weight excluding hydrogens is 342 g/mol. The first-order valence-corrected chi connectivity index (χ1v) is 9.51. The van der Waals surface area contributed by atoms with E-state index in [0.717, 1.165) is 62.9 Å². The molecule has 1 aromatic carbocycles. The molecule has 1 aliphatic heterocycles. The molecule has 146 valence electrons. The molecule has 0 radical (unpaired) electrons. The van der Waals surface area contributed by atoms with Crippen molar-refractivity contribution in [1.82, 2.24) is 14.7 Å². The number of hydrogen-bond acceptors (Lipinski definition) is 6. The highest BCUT2D eigenvalue weighted by Crippen LogP contribution is 2.28. The Labute approximate surface area is 160 Å². The number of hydrogen-bond donors (Lipinski definition) is 0. The Morgan fingerprint density at radius 2 is 1.89 bits per heavy atom. The van der Waals surface area contributed by atoms with Crippen LogP contribution in [0.5, 0.6) is 5.75 Å². The van der Waals surface area contributed by atoms with Crippen LogP contribution in [-0.4, -0.2) is 67.6 Å². The van der Waals surface area contributed by atoms with E-state index in [0.29, 0.717) is 0 Å². The van der Waals surface area contributed by atoms with Gasteiger partial charge in [-0.05, 0) is 25.1 Å². The number of aryl methyl sites for hydroxylation is 1. The van der Waals surface area contributed by atoms with Gasteiger partial charge in [-0.15, -0.1) is 0 Å². The monoisotopic (exact) mass is 371 g/mol. The zero-order valence-electron chi connectivity index (χ0n) is 16.5. The summed E-state index contributed by atoms with van der Waals surface area (Å²) >= 11 is 0. The van der Waals surface area contributed by atoms with Crippen molar-refractivity contribution in [2.24, 2.45) is 7.05 Å². The van der Waals surface area contributed by atoms with Crippen molar-refractivity contribution in [2.45, 2.75) is 6.92 Å². The molecule has 0 amide bonds. The number of likely N-dealkylation sites (N-methyl/N-ethyl adjacent to an activating group) is 1. The first-order chi connectivity index (χ1) is 13.1. The van der Waals surface area contributed by atoms with Gasteiger partial charge in [0, 0.05) is 59.1 Å². The van der Waals surface area contributed by atoms with E-state index in [1.807, 2.05) is 18.2 Å². The van der Waals surface area contributed by atoms with Crippen LogP contribution in [0.2, 0.25) is 0 Å². The molecule has 1 saturated heterocycles. The summed E-state index contributed by atoms with van der Waals surface area (Å²) in [5.74, 6) is 0.927. The minimum Gasteiger partial charge on any atom is -0.495 e. The Bertz CT molecular complexity index is 799. The Hall–Kier alpha value is -2.54. The number of piperazine rings is 1. The van der Waals surface area contributed by atoms with Gasteiger partial charge in [-0.2, -0.15) is 5.10 Å². The van der Waals surface area contributed by atoms with Gasteiger partial charge in [0.1, 0.15) is 11.4 Å². The van der Waals surface area contributed by atoms with Crippen LogP contribution in [-0.2, 0) is 7.05 Å². The third-order valence-corrected chi connectivity index (χ3v) is 5.19. The Morgan fingerprint density at radius 1 is 1.15 bits per heavy atom. The highest BCUT2D eigenvalue weighted by molar-refractivity contribution is 5.58. The van der Waals surface area contributed by atoms with Crippen LogP contribution in [0.1, 0.15) is 6.92 Å². The van der Waals surface area contributed by atoms with Crippen LogP contribution >= 0.6 is 0 Å². The van der Waals surface area contributed by atoms with Gasteiger partial charge in [0.25, 0.3) is 5.56 Å². The van der Waals surface area contributed by atoms with E-state index < -0.39 is 0 Å². The van der Waals surface area contributed by atoms with Gasteiger partial charge >= 0.3 is 0 Å². The second-order valence-electron chi connectivity index (χ2n) is 6.73. The van der Waals surface area contributed by atoms with Crippen LogP contribution in [0.25, 0.3) is 0 Å². The van der Waals surface area contributed by atoms with Gasteiger partial charge in [-0.3, -0.25) is 9.69 Å². The normalized spacial score (nSPS) is 15.0. The first-order valence-electron chi connectivity index (χ1n) is 9.51. The van der Waals surface area contributed by atoms with Crippen molar-refractivity contribution in [3.05, 3.63) is 46.9 Å². The van der Waals surface area contributed by atoms with Gasteiger partial charge in [-0.25, -0.2) is 4.68 Å². The molecule has 0 aliphatic carbocycles. The van der Waals surface area contributed by atoms with Crippen molar-refractivity contribution >= 4 is 11.4 Å². The topological polar surface area (TPSA) is 53.8 Å². The molecular formula is C20H29N5O2. The number of aromatic nitrogens is 2. The highest BCUT2D eigenvalue weighted by atomic mass is 16.5. The second-order valence-corrected chi connectivity index (χ2v) is 6.73. The smallest absolute Gasteiger partial charge is 0.290 e. The van der Waals surface area contributed by atoms with Crippen LogP contribution in [0, 0.1) is 0 Å². The second kappa shape index (κ2) is 8.90. The molecule has 0 bridgehead atoms. The van der Waals surface area contributed by atoms with Crippen LogP contribution in [0.4, 0.5) is 11.4 Å². The predicted molar refractivity (Wildman–Crippen MR) is 109 cm³/mol. The van der Waals surface area contributed by atoms with Crippen molar-refractivity contribution in [3.63, 3.8) is 0 Å². The Kier molecular flexibility index (Phi) is 6.34. The number of anilines is 2. The van der Waals surface area contributed by atoms with E-state index in [1.165, 1.54) is 4.68 Å². The minimum atomic E-state index is -0.0414. The average Bonchev–Trinajstić information content (AvgIpc) is 2.72. The zero-order chi connectivity index (χ0) is 19.2. The third kappa shape index (κ3) is 4.42. The van der Waals surface area contributed by atoms with Crippen molar-refractivity contribution in [2.75, 3.05) is 62.7 Å². The summed E-state index contributed by atoms with van der Waals surface area (Å²) in [6.07, 6.45) is 1.69. The van der Waals surface area contributed by atoms with E-state index in [-0.39, 0.29) is 5.56 Å². The van der Waals surface area contributed by atoms with Gasteiger partial charge in [0.15, 0.2) is 0 Å². The van der Waals surface area contributed by atoms with Crippen molar-refractivity contribution < 1.29 is 4.74 Å². The first kappa shape index (κ1) is 19.2. The lowest BCUT2D eigenvalue weighted by Crippen LogP contribution is -2.49. The van der Waals surface area contributed by atoms with E-state index >= 15 is 0 Å². The SMILES string of the molecule is CCN(CCN1CCN(c2ccccc2OC)CC1)c1ccnn(C)c1=O. The summed E-state index contributed by atoms with van der Waals surface area (Å²) in [4.78, 5) is 19.3. The Balaban J connectivity index is 1.56. The lowest BCUT2D eigenvalue weighted by atomic mass is 10.2. The number of rotatable bonds is 7. The van der Waals surface area contributed by atoms with Gasteiger partial charge < -0.3 is 14.5 Å². The number of nitrogens with zero attached hydrogens (tertiary/aromatic N) is 5. The molecule has 0 saturated carbocycles. The minimum absolute atomic E-state index is 0.0414. The number of ether oxygens (including phenoxy) is 1. The van der Waals surface area contributed by atoms with E-state index in [4.69, 9.17) is 4.74 Å². The molecule has 0 atom stereocenters.